The number of hydrogen-bond acceptors (Lipinski definition) is 7. The second-order valence-corrected chi connectivity index (χ2v) is 18.9. The lowest BCUT2D eigenvalue weighted by Gasteiger charge is -2.39. The molecule has 3 amide bonds. The van der Waals surface area contributed by atoms with Gasteiger partial charge in [-0.3, -0.25) is 24.6 Å². The molecule has 8 aliphatic rings. The molecule has 0 aromatic carbocycles. The molecule has 0 radical (unpaired) electrons. The van der Waals surface area contributed by atoms with E-state index in [0.717, 1.165) is 75.3 Å². The summed E-state index contributed by atoms with van der Waals surface area (Å²) < 4.78 is 6.57. The van der Waals surface area contributed by atoms with Crippen LogP contribution in [-0.4, -0.2) is 108 Å². The molecular formula is C44H70N4O5. The van der Waals surface area contributed by atoms with E-state index in [4.69, 9.17) is 4.74 Å². The lowest BCUT2D eigenvalue weighted by molar-refractivity contribution is -0.144. The average molecular weight is 735 g/mol. The molecule has 0 spiro atoms. The minimum absolute atomic E-state index is 0.0541. The predicted molar refractivity (Wildman–Crippen MR) is 206 cm³/mol. The van der Waals surface area contributed by atoms with Crippen molar-refractivity contribution in [2.75, 3.05) is 45.9 Å². The summed E-state index contributed by atoms with van der Waals surface area (Å²) in [5.41, 5.74) is 3.70. The highest BCUT2D eigenvalue weighted by atomic mass is 16.5. The summed E-state index contributed by atoms with van der Waals surface area (Å²) in [7, 11) is 0. The van der Waals surface area contributed by atoms with Gasteiger partial charge in [0.1, 0.15) is 6.04 Å². The highest BCUT2D eigenvalue weighted by Gasteiger charge is 2.50. The monoisotopic (exact) mass is 735 g/mol. The van der Waals surface area contributed by atoms with E-state index in [1.165, 1.54) is 103 Å². The first-order valence-electron chi connectivity index (χ1n) is 22.5. The number of aliphatic hydroxyl groups is 1. The molecule has 4 aliphatic heterocycles. The SMILES string of the molecule is CC/C(=C(\C1CCC(O)CC1)C1CCC(OCCCN2CC3CN(C4CCC5C(=O)N(C6CCC(=O)NC6=O)CC5C4)CC3C2)CC1)C1CCCCC1. The third-order valence-electron chi connectivity index (χ3n) is 15.8. The molecule has 53 heavy (non-hydrogen) atoms. The number of imide groups is 1. The molecule has 9 nitrogen and oxygen atoms in total. The lowest BCUT2D eigenvalue weighted by atomic mass is 9.68. The number of likely N-dealkylation sites (tertiary alicyclic amines) is 3. The van der Waals surface area contributed by atoms with Gasteiger partial charge in [0, 0.05) is 64.3 Å². The summed E-state index contributed by atoms with van der Waals surface area (Å²) in [6.07, 6.45) is 23.0. The Balaban J connectivity index is 0.749. The van der Waals surface area contributed by atoms with E-state index in [1.807, 2.05) is 16.0 Å². The van der Waals surface area contributed by atoms with Gasteiger partial charge in [0.2, 0.25) is 17.7 Å². The Hall–Kier alpha value is -1.81. The third-order valence-corrected chi connectivity index (χ3v) is 15.8. The number of nitrogens with zero attached hydrogens (tertiary/aromatic N) is 3. The second kappa shape index (κ2) is 17.1. The second-order valence-electron chi connectivity index (χ2n) is 18.9. The highest BCUT2D eigenvalue weighted by Crippen LogP contribution is 2.46. The minimum Gasteiger partial charge on any atom is -0.393 e. The third kappa shape index (κ3) is 8.49. The van der Waals surface area contributed by atoms with Crippen LogP contribution in [0.5, 0.6) is 0 Å². The topological polar surface area (TPSA) is 102 Å². The number of aliphatic hydroxyl groups excluding tert-OH is 1. The summed E-state index contributed by atoms with van der Waals surface area (Å²) >= 11 is 0. The van der Waals surface area contributed by atoms with Crippen LogP contribution in [0.15, 0.2) is 11.1 Å². The van der Waals surface area contributed by atoms with Gasteiger partial charge in [0.25, 0.3) is 0 Å². The van der Waals surface area contributed by atoms with Gasteiger partial charge in [-0.1, -0.05) is 37.3 Å². The standard InChI is InChI=1S/C44H70N4O5/c1-2-38(29-7-4-3-5-8-29)42(30-9-14-36(49)15-10-30)31-11-16-37(17-12-31)53-22-6-21-46-24-33-26-47(27-34(33)25-46)35-13-18-39-32(23-35)28-48(44(39)52)40-19-20-41(50)45-43(40)51/h29-37,39-40,49H,2-28H2,1H3,(H,45,50,51)/b42-38-. The maximum absolute atomic E-state index is 13.3. The van der Waals surface area contributed by atoms with Crippen molar-refractivity contribution < 1.29 is 24.2 Å². The average Bonchev–Trinajstić information content (AvgIpc) is 3.85. The number of nitrogens with one attached hydrogen (secondary N) is 1. The molecule has 2 N–H and O–H groups in total. The molecule has 9 heteroatoms. The minimum atomic E-state index is -0.467. The van der Waals surface area contributed by atoms with Crippen molar-refractivity contribution in [3.05, 3.63) is 11.1 Å². The number of piperidine rings is 1. The molecule has 0 aromatic rings. The van der Waals surface area contributed by atoms with Gasteiger partial charge >= 0.3 is 0 Å². The van der Waals surface area contributed by atoms with Crippen molar-refractivity contribution in [2.24, 2.45) is 41.4 Å². The lowest BCUT2D eigenvalue weighted by Crippen LogP contribution is -2.53. The van der Waals surface area contributed by atoms with Crippen molar-refractivity contribution in [2.45, 2.75) is 160 Å². The Labute approximate surface area is 319 Å². The number of carbonyl (C=O) groups excluding carboxylic acids is 3. The molecular weight excluding hydrogens is 665 g/mol. The first kappa shape index (κ1) is 38.1. The van der Waals surface area contributed by atoms with Crippen molar-refractivity contribution in [1.29, 1.82) is 0 Å². The number of fused-ring (bicyclic) bond motifs is 2. The van der Waals surface area contributed by atoms with Crippen LogP contribution in [0.4, 0.5) is 0 Å². The van der Waals surface area contributed by atoms with Crippen LogP contribution >= 0.6 is 0 Å². The maximum atomic E-state index is 13.3. The van der Waals surface area contributed by atoms with Crippen molar-refractivity contribution in [3.63, 3.8) is 0 Å². The van der Waals surface area contributed by atoms with Crippen molar-refractivity contribution in [1.82, 2.24) is 20.0 Å². The summed E-state index contributed by atoms with van der Waals surface area (Å²) in [6.45, 7) is 9.92. The van der Waals surface area contributed by atoms with Crippen LogP contribution in [0, 0.1) is 41.4 Å². The number of rotatable bonds is 11. The molecule has 0 aromatic heterocycles. The van der Waals surface area contributed by atoms with Gasteiger partial charge < -0.3 is 19.6 Å². The summed E-state index contributed by atoms with van der Waals surface area (Å²) in [5, 5.41) is 12.7. The Morgan fingerprint density at radius 1 is 0.755 bits per heavy atom. The summed E-state index contributed by atoms with van der Waals surface area (Å²) in [4.78, 5) is 44.7. The molecule has 4 aliphatic carbocycles. The molecule has 0 bridgehead atoms. The van der Waals surface area contributed by atoms with Gasteiger partial charge in [0.15, 0.2) is 0 Å². The number of allylic oxidation sites excluding steroid dienone is 2. The Bertz CT molecular complexity index is 1320. The first-order chi connectivity index (χ1) is 25.8. The Morgan fingerprint density at radius 3 is 2.13 bits per heavy atom. The van der Waals surface area contributed by atoms with Gasteiger partial charge in [0.05, 0.1) is 12.2 Å². The highest BCUT2D eigenvalue weighted by molar-refractivity contribution is 6.02. The van der Waals surface area contributed by atoms with Gasteiger partial charge in [-0.15, -0.1) is 0 Å². The normalized spacial score (nSPS) is 39.6. The van der Waals surface area contributed by atoms with E-state index in [2.05, 4.69) is 22.0 Å². The smallest absolute Gasteiger partial charge is 0.249 e. The van der Waals surface area contributed by atoms with Crippen LogP contribution in [0.2, 0.25) is 0 Å². The van der Waals surface area contributed by atoms with Crippen LogP contribution < -0.4 is 5.32 Å². The van der Waals surface area contributed by atoms with Gasteiger partial charge in [-0.05, 0) is 138 Å². The van der Waals surface area contributed by atoms with Crippen LogP contribution in [-0.2, 0) is 19.1 Å². The summed E-state index contributed by atoms with van der Waals surface area (Å²) in [6, 6.07) is 0.0849. The zero-order valence-electron chi connectivity index (χ0n) is 32.9. The maximum Gasteiger partial charge on any atom is 0.249 e. The fourth-order valence-electron chi connectivity index (χ4n) is 13.0. The fourth-order valence-corrected chi connectivity index (χ4v) is 13.0. The molecule has 6 atom stereocenters. The number of ether oxygens (including phenoxy) is 1. The largest absolute Gasteiger partial charge is 0.393 e. The predicted octanol–water partition coefficient (Wildman–Crippen LogP) is 6.09. The zero-order chi connectivity index (χ0) is 36.5. The first-order valence-corrected chi connectivity index (χ1v) is 22.5. The number of amides is 3. The van der Waals surface area contributed by atoms with Crippen LogP contribution in [0.3, 0.4) is 0 Å². The zero-order valence-corrected chi connectivity index (χ0v) is 32.9. The fraction of sp³-hybridized carbons (Fsp3) is 0.886. The van der Waals surface area contributed by atoms with Gasteiger partial charge in [-0.25, -0.2) is 0 Å². The Kier molecular flexibility index (Phi) is 12.3. The van der Waals surface area contributed by atoms with E-state index >= 15 is 0 Å². The van der Waals surface area contributed by atoms with E-state index in [9.17, 15) is 19.5 Å². The Morgan fingerprint density at radius 2 is 1.45 bits per heavy atom. The number of carbonyl (C=O) groups is 3. The molecule has 8 rings (SSSR count). The molecule has 4 saturated heterocycles. The van der Waals surface area contributed by atoms with E-state index in [0.29, 0.717) is 43.4 Å². The van der Waals surface area contributed by atoms with Crippen molar-refractivity contribution >= 4 is 17.7 Å². The van der Waals surface area contributed by atoms with Crippen molar-refractivity contribution in [3.8, 4) is 0 Å². The number of hydrogen-bond donors (Lipinski definition) is 2. The molecule has 6 unspecified atom stereocenters. The molecule has 4 heterocycles. The van der Waals surface area contributed by atoms with Crippen LogP contribution in [0.25, 0.3) is 0 Å². The molecule has 296 valence electrons. The quantitative estimate of drug-likeness (QED) is 0.151. The molecule has 4 saturated carbocycles. The van der Waals surface area contributed by atoms with Gasteiger partial charge in [-0.2, -0.15) is 0 Å². The van der Waals surface area contributed by atoms with E-state index < -0.39 is 6.04 Å². The van der Waals surface area contributed by atoms with E-state index in [-0.39, 0.29) is 29.7 Å². The van der Waals surface area contributed by atoms with Crippen LogP contribution in [0.1, 0.15) is 135 Å². The summed E-state index contributed by atoms with van der Waals surface area (Å²) in [5.74, 6) is 3.79. The van der Waals surface area contributed by atoms with E-state index in [1.54, 1.807) is 0 Å². The molecule has 8 fully saturated rings.